The molecule has 3 fully saturated rings. The van der Waals surface area contributed by atoms with E-state index in [2.05, 4.69) is 15.6 Å². The highest BCUT2D eigenvalue weighted by molar-refractivity contribution is 14.0. The summed E-state index contributed by atoms with van der Waals surface area (Å²) in [5, 5.41) is 6.87. The molecule has 0 radical (unpaired) electrons. The summed E-state index contributed by atoms with van der Waals surface area (Å²) in [5.41, 5.74) is -0.492. The zero-order chi connectivity index (χ0) is 22.4. The van der Waals surface area contributed by atoms with Crippen LogP contribution in [0, 0.1) is 5.92 Å². The van der Waals surface area contributed by atoms with E-state index in [1.165, 1.54) is 12.8 Å². The largest absolute Gasteiger partial charge is 0.444 e. The molecule has 2 aliphatic heterocycles. The van der Waals surface area contributed by atoms with Gasteiger partial charge in [0.25, 0.3) is 0 Å². The van der Waals surface area contributed by atoms with Crippen LogP contribution in [0.4, 0.5) is 4.79 Å². The van der Waals surface area contributed by atoms with Crippen LogP contribution in [0.2, 0.25) is 0 Å². The Bertz CT molecular complexity index is 661. The second kappa shape index (κ2) is 12.3. The molecule has 2 N–H and O–H groups in total. The van der Waals surface area contributed by atoms with Crippen molar-refractivity contribution in [2.45, 2.75) is 89.8 Å². The molecule has 1 aliphatic carbocycles. The Morgan fingerprint density at radius 1 is 1.03 bits per heavy atom. The van der Waals surface area contributed by atoms with Gasteiger partial charge in [0.15, 0.2) is 5.96 Å². The van der Waals surface area contributed by atoms with Gasteiger partial charge in [0.1, 0.15) is 5.60 Å². The van der Waals surface area contributed by atoms with Gasteiger partial charge in [-0.2, -0.15) is 0 Å². The summed E-state index contributed by atoms with van der Waals surface area (Å²) in [6.07, 6.45) is 8.24. The van der Waals surface area contributed by atoms with E-state index in [0.29, 0.717) is 12.5 Å². The van der Waals surface area contributed by atoms with Gasteiger partial charge in [-0.25, -0.2) is 4.79 Å². The molecule has 2 atom stereocenters. The first-order valence-corrected chi connectivity index (χ1v) is 12.0. The van der Waals surface area contributed by atoms with Crippen molar-refractivity contribution in [2.24, 2.45) is 10.9 Å². The van der Waals surface area contributed by atoms with Crippen molar-refractivity contribution >= 4 is 41.9 Å². The van der Waals surface area contributed by atoms with Gasteiger partial charge in [0.2, 0.25) is 5.91 Å². The predicted octanol–water partition coefficient (Wildman–Crippen LogP) is 3.35. The van der Waals surface area contributed by atoms with E-state index in [-0.39, 0.29) is 48.1 Å². The van der Waals surface area contributed by atoms with Crippen molar-refractivity contribution in [1.82, 2.24) is 20.4 Å². The summed E-state index contributed by atoms with van der Waals surface area (Å²) in [5.74, 6) is 1.30. The number of halogens is 1. The normalized spacial score (nSPS) is 24.8. The SMILES string of the molecule is CN=C(NCC1CCCCN1C(=O)OC(C)(C)C)NC1CCN(C(=O)C2CCCC2)C1.I. The molecule has 3 aliphatic rings. The van der Waals surface area contributed by atoms with E-state index in [4.69, 9.17) is 4.74 Å². The Hall–Kier alpha value is -1.26. The first-order valence-electron chi connectivity index (χ1n) is 12.0. The fourth-order valence-electron chi connectivity index (χ4n) is 4.89. The highest BCUT2D eigenvalue weighted by Gasteiger charge is 2.33. The molecule has 9 heteroatoms. The predicted molar refractivity (Wildman–Crippen MR) is 137 cm³/mol. The van der Waals surface area contributed by atoms with Crippen molar-refractivity contribution in [3.63, 3.8) is 0 Å². The first-order chi connectivity index (χ1) is 14.8. The number of nitrogens with zero attached hydrogens (tertiary/aromatic N) is 3. The minimum atomic E-state index is -0.492. The van der Waals surface area contributed by atoms with E-state index in [0.717, 1.165) is 64.1 Å². The molecule has 0 spiro atoms. The van der Waals surface area contributed by atoms with Crippen molar-refractivity contribution in [3.8, 4) is 0 Å². The van der Waals surface area contributed by atoms with Crippen molar-refractivity contribution in [2.75, 3.05) is 33.2 Å². The van der Waals surface area contributed by atoms with Crippen LogP contribution in [0.5, 0.6) is 0 Å². The maximum Gasteiger partial charge on any atom is 0.410 e. The number of aliphatic imine (C=N–C) groups is 1. The van der Waals surface area contributed by atoms with Gasteiger partial charge >= 0.3 is 6.09 Å². The number of ether oxygens (including phenoxy) is 1. The molecule has 8 nitrogen and oxygen atoms in total. The Balaban J connectivity index is 0.00000363. The smallest absolute Gasteiger partial charge is 0.410 e. The molecule has 2 heterocycles. The minimum Gasteiger partial charge on any atom is -0.444 e. The average Bonchev–Trinajstić information content (AvgIpc) is 3.42. The zero-order valence-corrected chi connectivity index (χ0v) is 22.5. The van der Waals surface area contributed by atoms with Crippen LogP contribution in [0.15, 0.2) is 4.99 Å². The van der Waals surface area contributed by atoms with Crippen molar-refractivity contribution < 1.29 is 14.3 Å². The van der Waals surface area contributed by atoms with Gasteiger partial charge < -0.3 is 25.2 Å². The van der Waals surface area contributed by atoms with Gasteiger partial charge in [0.05, 0.1) is 6.04 Å². The highest BCUT2D eigenvalue weighted by atomic mass is 127. The van der Waals surface area contributed by atoms with Gasteiger partial charge in [0, 0.05) is 45.2 Å². The Morgan fingerprint density at radius 2 is 1.72 bits per heavy atom. The van der Waals surface area contributed by atoms with Crippen LogP contribution in [0.3, 0.4) is 0 Å². The Labute approximate surface area is 210 Å². The molecule has 0 bridgehead atoms. The van der Waals surface area contributed by atoms with E-state index in [9.17, 15) is 9.59 Å². The number of carbonyl (C=O) groups excluding carboxylic acids is 2. The number of amides is 2. The quantitative estimate of drug-likeness (QED) is 0.312. The fourth-order valence-corrected chi connectivity index (χ4v) is 4.89. The lowest BCUT2D eigenvalue weighted by molar-refractivity contribution is -0.134. The summed E-state index contributed by atoms with van der Waals surface area (Å²) in [4.78, 5) is 33.5. The third-order valence-corrected chi connectivity index (χ3v) is 6.53. The van der Waals surface area contributed by atoms with E-state index < -0.39 is 5.60 Å². The maximum atomic E-state index is 12.7. The summed E-state index contributed by atoms with van der Waals surface area (Å²) in [7, 11) is 1.76. The van der Waals surface area contributed by atoms with Crippen LogP contribution in [-0.4, -0.2) is 78.7 Å². The van der Waals surface area contributed by atoms with Crippen molar-refractivity contribution in [3.05, 3.63) is 0 Å². The van der Waals surface area contributed by atoms with Crippen LogP contribution < -0.4 is 10.6 Å². The van der Waals surface area contributed by atoms with Gasteiger partial charge in [-0.1, -0.05) is 12.8 Å². The number of hydrogen-bond acceptors (Lipinski definition) is 4. The second-order valence-corrected chi connectivity index (χ2v) is 10.2. The van der Waals surface area contributed by atoms with E-state index >= 15 is 0 Å². The summed E-state index contributed by atoms with van der Waals surface area (Å²) < 4.78 is 5.60. The first kappa shape index (κ1) is 27.0. The number of hydrogen-bond donors (Lipinski definition) is 2. The molecule has 184 valence electrons. The van der Waals surface area contributed by atoms with Crippen LogP contribution in [-0.2, 0) is 9.53 Å². The lowest BCUT2D eigenvalue weighted by Gasteiger charge is -2.37. The zero-order valence-electron chi connectivity index (χ0n) is 20.2. The number of likely N-dealkylation sites (tertiary alicyclic amines) is 2. The minimum absolute atomic E-state index is 0. The number of guanidine groups is 1. The lowest BCUT2D eigenvalue weighted by Crippen LogP contribution is -2.53. The Kier molecular flexibility index (Phi) is 10.4. The molecule has 2 unspecified atom stereocenters. The molecule has 0 aromatic rings. The number of piperidine rings is 1. The maximum absolute atomic E-state index is 12.7. The summed E-state index contributed by atoms with van der Waals surface area (Å²) >= 11 is 0. The molecular formula is C23H42IN5O3. The van der Waals surface area contributed by atoms with Crippen LogP contribution in [0.25, 0.3) is 0 Å². The lowest BCUT2D eigenvalue weighted by atomic mass is 10.0. The second-order valence-electron chi connectivity index (χ2n) is 10.2. The monoisotopic (exact) mass is 563 g/mol. The third-order valence-electron chi connectivity index (χ3n) is 6.53. The standard InChI is InChI=1S/C23H41N5O3.HI/c1-23(2,3)31-22(30)28-13-8-7-11-19(28)15-25-21(24-4)26-18-12-14-27(16-18)20(29)17-9-5-6-10-17;/h17-19H,5-16H2,1-4H3,(H2,24,25,26);1H. The van der Waals surface area contributed by atoms with Crippen molar-refractivity contribution in [1.29, 1.82) is 0 Å². The molecule has 3 rings (SSSR count). The summed E-state index contributed by atoms with van der Waals surface area (Å²) in [6, 6.07) is 0.302. The van der Waals surface area contributed by atoms with Gasteiger partial charge in [-0.3, -0.25) is 9.79 Å². The average molecular weight is 564 g/mol. The fraction of sp³-hybridized carbons (Fsp3) is 0.870. The summed E-state index contributed by atoms with van der Waals surface area (Å²) in [6.45, 7) is 8.62. The van der Waals surface area contributed by atoms with Gasteiger partial charge in [-0.05, 0) is 59.3 Å². The number of rotatable bonds is 4. The van der Waals surface area contributed by atoms with Gasteiger partial charge in [-0.15, -0.1) is 24.0 Å². The molecule has 0 aromatic heterocycles. The van der Waals surface area contributed by atoms with E-state index in [1.807, 2.05) is 30.6 Å². The van der Waals surface area contributed by atoms with E-state index in [1.54, 1.807) is 7.05 Å². The van der Waals surface area contributed by atoms with Crippen LogP contribution >= 0.6 is 24.0 Å². The molecule has 32 heavy (non-hydrogen) atoms. The van der Waals surface area contributed by atoms with Crippen LogP contribution in [0.1, 0.15) is 72.1 Å². The molecule has 2 amide bonds. The third kappa shape index (κ3) is 7.66. The number of carbonyl (C=O) groups is 2. The molecule has 0 aromatic carbocycles. The molecular weight excluding hydrogens is 521 g/mol. The Morgan fingerprint density at radius 3 is 2.38 bits per heavy atom. The highest BCUT2D eigenvalue weighted by Crippen LogP contribution is 2.28. The number of nitrogens with one attached hydrogen (secondary N) is 2. The molecule has 2 saturated heterocycles. The topological polar surface area (TPSA) is 86.3 Å². The molecule has 1 saturated carbocycles.